The molecule has 0 aromatic heterocycles. The molecule has 2 aliphatic rings. The Hall–Kier alpha value is -2.32. The molecule has 0 spiro atoms. The van der Waals surface area contributed by atoms with Gasteiger partial charge < -0.3 is 10.1 Å². The van der Waals surface area contributed by atoms with Gasteiger partial charge in [-0.3, -0.25) is 15.1 Å². The van der Waals surface area contributed by atoms with Gasteiger partial charge in [0.25, 0.3) is 0 Å². The molecule has 8 heteroatoms. The molecule has 0 bridgehead atoms. The van der Waals surface area contributed by atoms with E-state index in [4.69, 9.17) is 10.1 Å². The normalized spacial score (nSPS) is 27.4. The van der Waals surface area contributed by atoms with Gasteiger partial charge in [0.2, 0.25) is 5.91 Å². The number of rotatable bonds is 2. The summed E-state index contributed by atoms with van der Waals surface area (Å²) in [4.78, 5) is 14.3. The number of fused-ring (bicyclic) bond motifs is 1. The van der Waals surface area contributed by atoms with Gasteiger partial charge in [-0.2, -0.15) is 0 Å². The number of benzene rings is 2. The minimum absolute atomic E-state index is 0.00492. The van der Waals surface area contributed by atoms with E-state index in [2.05, 4.69) is 21.2 Å². The maximum Gasteiger partial charge on any atom is 0.235 e. The highest BCUT2D eigenvalue weighted by Crippen LogP contribution is 2.46. The summed E-state index contributed by atoms with van der Waals surface area (Å²) in [6.07, 6.45) is -0.151. The van der Waals surface area contributed by atoms with Crippen molar-refractivity contribution >= 4 is 27.8 Å². The van der Waals surface area contributed by atoms with Crippen molar-refractivity contribution < 1.29 is 18.3 Å². The largest absolute Gasteiger partial charge is 0.371 e. The van der Waals surface area contributed by atoms with Crippen LogP contribution in [0.5, 0.6) is 0 Å². The van der Waals surface area contributed by atoms with E-state index < -0.39 is 23.4 Å². The second-order valence-electron chi connectivity index (χ2n) is 7.11. The Kier molecular flexibility index (Phi) is 4.71. The molecule has 4 rings (SSSR count). The van der Waals surface area contributed by atoms with Crippen LogP contribution in [0, 0.1) is 23.0 Å². The lowest BCUT2D eigenvalue weighted by Gasteiger charge is -2.51. The Bertz CT molecular complexity index is 953. The van der Waals surface area contributed by atoms with Gasteiger partial charge in [0, 0.05) is 17.1 Å². The molecule has 146 valence electrons. The van der Waals surface area contributed by atoms with Crippen LogP contribution in [0.3, 0.4) is 0 Å². The highest BCUT2D eigenvalue weighted by molar-refractivity contribution is 9.10. The fourth-order valence-corrected chi connectivity index (χ4v) is 4.33. The van der Waals surface area contributed by atoms with Gasteiger partial charge in [-0.05, 0) is 42.3 Å². The zero-order valence-electron chi connectivity index (χ0n) is 15.0. The van der Waals surface area contributed by atoms with Crippen LogP contribution in [-0.2, 0) is 15.1 Å². The van der Waals surface area contributed by atoms with E-state index in [1.807, 2.05) is 0 Å². The summed E-state index contributed by atoms with van der Waals surface area (Å²) in [7, 11) is 1.52. The van der Waals surface area contributed by atoms with Crippen LogP contribution < -0.4 is 5.32 Å². The van der Waals surface area contributed by atoms with Crippen LogP contribution in [0.4, 0.5) is 8.78 Å². The third kappa shape index (κ3) is 3.00. The standard InChI is InChI=1S/C20H18BrF2N3O2/c1-26-18(27)15-9-17(11-2-5-13(22)6-3-11)28-10-20(15,25-19(26)24)14-8-12(21)4-7-16(14)23/h2-8,15,17H,9-10H2,1H3,(H2,24,25)/t15-,17+,20+/m0/s1. The van der Waals surface area contributed by atoms with E-state index in [0.717, 1.165) is 5.56 Å². The number of nitrogens with zero attached hydrogens (tertiary/aromatic N) is 1. The Balaban J connectivity index is 1.78. The summed E-state index contributed by atoms with van der Waals surface area (Å²) < 4.78 is 34.7. The third-order valence-corrected chi connectivity index (χ3v) is 6.01. The number of carbonyl (C=O) groups excluding carboxylic acids is 1. The van der Waals surface area contributed by atoms with E-state index >= 15 is 0 Å². The first kappa shape index (κ1) is 19.0. The molecule has 0 saturated carbocycles. The first-order valence-electron chi connectivity index (χ1n) is 8.79. The number of hydrogen-bond donors (Lipinski definition) is 2. The Morgan fingerprint density at radius 1 is 1.25 bits per heavy atom. The zero-order chi connectivity index (χ0) is 20.1. The van der Waals surface area contributed by atoms with Gasteiger partial charge in [-0.1, -0.05) is 28.1 Å². The van der Waals surface area contributed by atoms with Crippen LogP contribution in [0.25, 0.3) is 0 Å². The number of guanidine groups is 1. The monoisotopic (exact) mass is 449 g/mol. The van der Waals surface area contributed by atoms with Gasteiger partial charge in [0.05, 0.1) is 18.6 Å². The number of nitrogens with one attached hydrogen (secondary N) is 2. The van der Waals surface area contributed by atoms with Crippen LogP contribution in [0.2, 0.25) is 0 Å². The topological polar surface area (TPSA) is 65.4 Å². The van der Waals surface area contributed by atoms with Crippen molar-refractivity contribution in [2.45, 2.75) is 18.1 Å². The molecule has 3 atom stereocenters. The van der Waals surface area contributed by atoms with Gasteiger partial charge in [0.15, 0.2) is 5.96 Å². The first-order valence-corrected chi connectivity index (χ1v) is 9.58. The van der Waals surface area contributed by atoms with E-state index in [-0.39, 0.29) is 36.3 Å². The SMILES string of the molecule is CN1C(=N)N[C@@]2(c3cc(Br)ccc3F)CO[C@@H](c3ccc(F)cc3)C[C@H]2C1=O. The summed E-state index contributed by atoms with van der Waals surface area (Å²) in [5, 5.41) is 11.2. The number of ether oxygens (including phenoxy) is 1. The smallest absolute Gasteiger partial charge is 0.235 e. The van der Waals surface area contributed by atoms with Crippen molar-refractivity contribution in [1.29, 1.82) is 5.41 Å². The molecule has 2 saturated heterocycles. The van der Waals surface area contributed by atoms with Crippen LogP contribution >= 0.6 is 15.9 Å². The Morgan fingerprint density at radius 3 is 2.68 bits per heavy atom. The summed E-state index contributed by atoms with van der Waals surface area (Å²) in [5.41, 5.74) is -0.165. The predicted molar refractivity (Wildman–Crippen MR) is 103 cm³/mol. The van der Waals surface area contributed by atoms with Crippen molar-refractivity contribution in [1.82, 2.24) is 10.2 Å². The van der Waals surface area contributed by atoms with Gasteiger partial charge in [-0.15, -0.1) is 0 Å². The number of halogens is 3. The molecule has 2 heterocycles. The molecule has 5 nitrogen and oxygen atoms in total. The van der Waals surface area contributed by atoms with Crippen molar-refractivity contribution in [3.8, 4) is 0 Å². The van der Waals surface area contributed by atoms with Gasteiger partial charge in [0.1, 0.15) is 17.2 Å². The minimum Gasteiger partial charge on any atom is -0.371 e. The quantitative estimate of drug-likeness (QED) is 0.734. The molecule has 2 fully saturated rings. The summed E-state index contributed by atoms with van der Waals surface area (Å²) in [6, 6.07) is 10.5. The average Bonchev–Trinajstić information content (AvgIpc) is 2.68. The molecule has 28 heavy (non-hydrogen) atoms. The molecule has 0 unspecified atom stereocenters. The van der Waals surface area contributed by atoms with E-state index in [1.165, 1.54) is 30.1 Å². The molecule has 2 aromatic rings. The van der Waals surface area contributed by atoms with Crippen LogP contribution in [0.15, 0.2) is 46.9 Å². The number of amides is 1. The second-order valence-corrected chi connectivity index (χ2v) is 8.02. The molecular weight excluding hydrogens is 432 g/mol. The van der Waals surface area contributed by atoms with Gasteiger partial charge in [-0.25, -0.2) is 8.78 Å². The summed E-state index contributed by atoms with van der Waals surface area (Å²) >= 11 is 3.35. The van der Waals surface area contributed by atoms with Crippen molar-refractivity contribution in [3.05, 3.63) is 69.7 Å². The highest BCUT2D eigenvalue weighted by atomic mass is 79.9. The average molecular weight is 450 g/mol. The van der Waals surface area contributed by atoms with Crippen molar-refractivity contribution in [2.24, 2.45) is 5.92 Å². The number of hydrogen-bond acceptors (Lipinski definition) is 3. The Labute approximate surface area is 169 Å². The van der Waals surface area contributed by atoms with E-state index in [9.17, 15) is 13.6 Å². The van der Waals surface area contributed by atoms with Crippen molar-refractivity contribution in [2.75, 3.05) is 13.7 Å². The summed E-state index contributed by atoms with van der Waals surface area (Å²) in [6.45, 7) is -0.00492. The summed E-state index contributed by atoms with van der Waals surface area (Å²) in [5.74, 6) is -1.87. The minimum atomic E-state index is -1.19. The third-order valence-electron chi connectivity index (χ3n) is 5.51. The van der Waals surface area contributed by atoms with Crippen LogP contribution in [0.1, 0.15) is 23.7 Å². The lowest BCUT2D eigenvalue weighted by molar-refractivity contribution is -0.149. The van der Waals surface area contributed by atoms with E-state index in [1.54, 1.807) is 24.3 Å². The maximum absolute atomic E-state index is 14.8. The fraction of sp³-hybridized carbons (Fsp3) is 0.300. The second kappa shape index (κ2) is 6.93. The number of carbonyl (C=O) groups is 1. The van der Waals surface area contributed by atoms with Gasteiger partial charge >= 0.3 is 0 Å². The zero-order valence-corrected chi connectivity index (χ0v) is 16.6. The van der Waals surface area contributed by atoms with Crippen molar-refractivity contribution in [3.63, 3.8) is 0 Å². The maximum atomic E-state index is 14.8. The molecule has 0 aliphatic carbocycles. The lowest BCUT2D eigenvalue weighted by atomic mass is 9.71. The molecular formula is C20H18BrF2N3O2. The Morgan fingerprint density at radius 2 is 1.96 bits per heavy atom. The molecule has 2 aromatic carbocycles. The molecule has 1 amide bonds. The van der Waals surface area contributed by atoms with E-state index in [0.29, 0.717) is 4.47 Å². The molecule has 2 aliphatic heterocycles. The molecule has 2 N–H and O–H groups in total. The van der Waals surface area contributed by atoms with Crippen LogP contribution in [-0.4, -0.2) is 30.4 Å². The fourth-order valence-electron chi connectivity index (χ4n) is 3.97. The lowest BCUT2D eigenvalue weighted by Crippen LogP contribution is -2.68. The first-order chi connectivity index (χ1) is 13.3. The molecule has 0 radical (unpaired) electrons. The predicted octanol–water partition coefficient (Wildman–Crippen LogP) is 3.70. The highest BCUT2D eigenvalue weighted by Gasteiger charge is 2.55.